The quantitative estimate of drug-likeness (QED) is 0.926. The summed E-state index contributed by atoms with van der Waals surface area (Å²) in [7, 11) is 0. The van der Waals surface area contributed by atoms with Gasteiger partial charge in [-0.25, -0.2) is 0 Å². The van der Waals surface area contributed by atoms with Crippen molar-refractivity contribution in [2.45, 2.75) is 19.4 Å². The highest BCUT2D eigenvalue weighted by molar-refractivity contribution is 6.30. The number of morpholine rings is 1. The Morgan fingerprint density at radius 3 is 2.90 bits per heavy atom. The van der Waals surface area contributed by atoms with Gasteiger partial charge in [-0.15, -0.1) is 0 Å². The topological polar surface area (TPSA) is 66.8 Å². The summed E-state index contributed by atoms with van der Waals surface area (Å²) >= 11 is 5.88. The summed E-state index contributed by atoms with van der Waals surface area (Å²) in [5, 5.41) is 9.49. The minimum atomic E-state index is -0.939. The number of aliphatic carboxylic acids is 1. The molecular formula is C14H16ClNO4. The van der Waals surface area contributed by atoms with Gasteiger partial charge in [-0.05, 0) is 30.7 Å². The van der Waals surface area contributed by atoms with Crippen LogP contribution in [0.1, 0.15) is 22.3 Å². The lowest BCUT2D eigenvalue weighted by atomic mass is 10.0. The molecule has 5 nitrogen and oxygen atoms in total. The van der Waals surface area contributed by atoms with Gasteiger partial charge in [0.05, 0.1) is 25.7 Å². The maximum absolute atomic E-state index is 12.6. The Balaban J connectivity index is 2.22. The third-order valence-corrected chi connectivity index (χ3v) is 3.55. The first-order valence-corrected chi connectivity index (χ1v) is 6.73. The van der Waals surface area contributed by atoms with E-state index >= 15 is 0 Å². The van der Waals surface area contributed by atoms with Crippen LogP contribution in [0.5, 0.6) is 0 Å². The number of carboxylic acid groups (broad SMARTS) is 1. The van der Waals surface area contributed by atoms with Gasteiger partial charge < -0.3 is 14.7 Å². The zero-order valence-corrected chi connectivity index (χ0v) is 11.9. The second-order valence-corrected chi connectivity index (χ2v) is 5.22. The number of amides is 1. The maximum atomic E-state index is 12.6. The van der Waals surface area contributed by atoms with E-state index in [1.54, 1.807) is 23.1 Å². The van der Waals surface area contributed by atoms with Crippen molar-refractivity contribution >= 4 is 23.5 Å². The zero-order chi connectivity index (χ0) is 14.7. The molecular weight excluding hydrogens is 282 g/mol. The molecule has 20 heavy (non-hydrogen) atoms. The van der Waals surface area contributed by atoms with E-state index in [4.69, 9.17) is 21.4 Å². The minimum Gasteiger partial charge on any atom is -0.481 e. The third-order valence-electron chi connectivity index (χ3n) is 3.32. The predicted octanol–water partition coefficient (Wildman–Crippen LogP) is 1.96. The average Bonchev–Trinajstić information content (AvgIpc) is 2.38. The molecule has 6 heteroatoms. The van der Waals surface area contributed by atoms with Gasteiger partial charge in [0.1, 0.15) is 0 Å². The van der Waals surface area contributed by atoms with E-state index in [0.29, 0.717) is 23.7 Å². The van der Waals surface area contributed by atoms with Crippen LogP contribution in [0, 0.1) is 6.92 Å². The lowest BCUT2D eigenvalue weighted by Crippen LogP contribution is -2.49. The normalized spacial score (nSPS) is 18.9. The molecule has 1 aromatic carbocycles. The SMILES string of the molecule is Cc1cc(Cl)ccc1C(=O)N1CCOCC1CC(=O)O. The molecule has 0 spiro atoms. The van der Waals surface area contributed by atoms with Crippen LogP contribution in [0.25, 0.3) is 0 Å². The van der Waals surface area contributed by atoms with E-state index in [1.165, 1.54) is 0 Å². The number of ether oxygens (including phenoxy) is 1. The van der Waals surface area contributed by atoms with E-state index in [9.17, 15) is 9.59 Å². The number of carbonyl (C=O) groups excluding carboxylic acids is 1. The number of halogens is 1. The van der Waals surface area contributed by atoms with Crippen molar-refractivity contribution in [3.63, 3.8) is 0 Å². The first kappa shape index (κ1) is 14.8. The fourth-order valence-electron chi connectivity index (χ4n) is 2.31. The number of carboxylic acids is 1. The van der Waals surface area contributed by atoms with E-state index in [-0.39, 0.29) is 18.9 Å². The van der Waals surface area contributed by atoms with E-state index < -0.39 is 12.0 Å². The smallest absolute Gasteiger partial charge is 0.305 e. The van der Waals surface area contributed by atoms with Crippen LogP contribution in [0.15, 0.2) is 18.2 Å². The second kappa shape index (κ2) is 6.24. The van der Waals surface area contributed by atoms with Crippen molar-refractivity contribution in [1.29, 1.82) is 0 Å². The van der Waals surface area contributed by atoms with Gasteiger partial charge in [0, 0.05) is 17.1 Å². The summed E-state index contributed by atoms with van der Waals surface area (Å²) in [6, 6.07) is 4.63. The van der Waals surface area contributed by atoms with E-state index in [0.717, 1.165) is 5.56 Å². The van der Waals surface area contributed by atoms with Gasteiger partial charge >= 0.3 is 5.97 Å². The minimum absolute atomic E-state index is 0.113. The summed E-state index contributed by atoms with van der Waals surface area (Å²) in [6.07, 6.45) is -0.113. The van der Waals surface area contributed by atoms with Crippen molar-refractivity contribution in [2.24, 2.45) is 0 Å². The molecule has 1 saturated heterocycles. The third kappa shape index (κ3) is 3.29. The molecule has 1 unspecified atom stereocenters. The highest BCUT2D eigenvalue weighted by atomic mass is 35.5. The molecule has 0 bridgehead atoms. The first-order valence-electron chi connectivity index (χ1n) is 6.35. The number of aryl methyl sites for hydroxylation is 1. The van der Waals surface area contributed by atoms with Gasteiger partial charge in [-0.1, -0.05) is 11.6 Å². The van der Waals surface area contributed by atoms with Gasteiger partial charge in [0.15, 0.2) is 0 Å². The van der Waals surface area contributed by atoms with Crippen LogP contribution in [-0.4, -0.2) is 47.7 Å². The largest absolute Gasteiger partial charge is 0.481 e. The van der Waals surface area contributed by atoms with E-state index in [2.05, 4.69) is 0 Å². The number of nitrogens with zero attached hydrogens (tertiary/aromatic N) is 1. The van der Waals surface area contributed by atoms with Crippen LogP contribution in [0.4, 0.5) is 0 Å². The molecule has 1 aliphatic rings. The molecule has 2 rings (SSSR count). The summed E-state index contributed by atoms with van der Waals surface area (Å²) in [6.45, 7) is 2.89. The Morgan fingerprint density at radius 1 is 1.50 bits per heavy atom. The standard InChI is InChI=1S/C14H16ClNO4/c1-9-6-10(15)2-3-12(9)14(19)16-4-5-20-8-11(16)7-13(17)18/h2-3,6,11H,4-5,7-8H2,1H3,(H,17,18). The molecule has 0 saturated carbocycles. The van der Waals surface area contributed by atoms with Crippen LogP contribution in [-0.2, 0) is 9.53 Å². The molecule has 1 atom stereocenters. The predicted molar refractivity (Wildman–Crippen MR) is 74.1 cm³/mol. The van der Waals surface area contributed by atoms with Crippen molar-refractivity contribution in [3.05, 3.63) is 34.3 Å². The molecule has 108 valence electrons. The van der Waals surface area contributed by atoms with Crippen LogP contribution in [0.3, 0.4) is 0 Å². The Labute approximate surface area is 122 Å². The summed E-state index contributed by atoms with van der Waals surface area (Å²) in [5.41, 5.74) is 1.33. The Morgan fingerprint density at radius 2 is 2.25 bits per heavy atom. The highest BCUT2D eigenvalue weighted by Gasteiger charge is 2.30. The van der Waals surface area contributed by atoms with Crippen molar-refractivity contribution in [2.75, 3.05) is 19.8 Å². The number of carbonyl (C=O) groups is 2. The summed E-state index contributed by atoms with van der Waals surface area (Å²) in [4.78, 5) is 25.0. The molecule has 0 aromatic heterocycles. The van der Waals surface area contributed by atoms with E-state index in [1.807, 2.05) is 6.92 Å². The monoisotopic (exact) mass is 297 g/mol. The second-order valence-electron chi connectivity index (χ2n) is 4.78. The number of hydrogen-bond donors (Lipinski definition) is 1. The van der Waals surface area contributed by atoms with Gasteiger partial charge in [-0.3, -0.25) is 9.59 Å². The molecule has 1 heterocycles. The Hall–Kier alpha value is -1.59. The fraction of sp³-hybridized carbons (Fsp3) is 0.429. The zero-order valence-electron chi connectivity index (χ0n) is 11.1. The van der Waals surface area contributed by atoms with Gasteiger partial charge in [0.2, 0.25) is 0 Å². The molecule has 1 aromatic rings. The molecule has 1 aliphatic heterocycles. The van der Waals surface area contributed by atoms with Crippen LogP contribution < -0.4 is 0 Å². The van der Waals surface area contributed by atoms with Crippen LogP contribution in [0.2, 0.25) is 5.02 Å². The van der Waals surface area contributed by atoms with Gasteiger partial charge in [-0.2, -0.15) is 0 Å². The molecule has 0 aliphatic carbocycles. The lowest BCUT2D eigenvalue weighted by Gasteiger charge is -2.35. The average molecular weight is 298 g/mol. The first-order chi connectivity index (χ1) is 9.49. The Kier molecular flexibility index (Phi) is 4.62. The highest BCUT2D eigenvalue weighted by Crippen LogP contribution is 2.20. The lowest BCUT2D eigenvalue weighted by molar-refractivity contribution is -0.139. The number of rotatable bonds is 3. The maximum Gasteiger partial charge on any atom is 0.305 e. The van der Waals surface area contributed by atoms with Crippen molar-refractivity contribution in [3.8, 4) is 0 Å². The van der Waals surface area contributed by atoms with Crippen molar-refractivity contribution in [1.82, 2.24) is 4.90 Å². The molecule has 1 N–H and O–H groups in total. The molecule has 0 radical (unpaired) electrons. The number of hydrogen-bond acceptors (Lipinski definition) is 3. The van der Waals surface area contributed by atoms with Crippen molar-refractivity contribution < 1.29 is 19.4 Å². The Bertz CT molecular complexity index is 532. The summed E-state index contributed by atoms with van der Waals surface area (Å²) < 4.78 is 5.27. The van der Waals surface area contributed by atoms with Gasteiger partial charge in [0.25, 0.3) is 5.91 Å². The fourth-order valence-corrected chi connectivity index (χ4v) is 2.54. The number of benzene rings is 1. The molecule has 1 fully saturated rings. The van der Waals surface area contributed by atoms with Crippen LogP contribution >= 0.6 is 11.6 Å². The molecule has 1 amide bonds. The summed E-state index contributed by atoms with van der Waals surface area (Å²) in [5.74, 6) is -1.11.